The summed E-state index contributed by atoms with van der Waals surface area (Å²) in [4.78, 5) is 46.1. The van der Waals surface area contributed by atoms with Crippen molar-refractivity contribution in [3.8, 4) is 23.0 Å². The summed E-state index contributed by atoms with van der Waals surface area (Å²) < 4.78 is 10.7. The molecule has 1 aliphatic heterocycles. The van der Waals surface area contributed by atoms with Crippen molar-refractivity contribution in [3.05, 3.63) is 77.5 Å². The Balaban J connectivity index is 1.17. The minimum absolute atomic E-state index is 0.203. The molecule has 10 nitrogen and oxygen atoms in total. The molecule has 0 aliphatic carbocycles. The number of imidazole rings is 1. The summed E-state index contributed by atoms with van der Waals surface area (Å²) in [7, 11) is 3.24. The van der Waals surface area contributed by atoms with Gasteiger partial charge in [-0.15, -0.1) is 0 Å². The molecular formula is C33H34N6O4. The number of amides is 2. The molecule has 0 spiro atoms. The Morgan fingerprint density at radius 2 is 1.72 bits per heavy atom. The van der Waals surface area contributed by atoms with E-state index in [-0.39, 0.29) is 11.8 Å². The first-order valence-corrected chi connectivity index (χ1v) is 14.3. The SMILES string of the molecule is COc1ccc(CCNCCCN2C(=O)c3c(ccc4[nH]c(-c5cnc6ccccc6n5)nc34)C(C)(C)C2=O)cc1OC. The van der Waals surface area contributed by atoms with Crippen molar-refractivity contribution >= 4 is 33.9 Å². The minimum atomic E-state index is -0.875. The number of imide groups is 1. The minimum Gasteiger partial charge on any atom is -0.493 e. The number of aromatic nitrogens is 4. The van der Waals surface area contributed by atoms with E-state index >= 15 is 0 Å². The molecule has 6 rings (SSSR count). The van der Waals surface area contributed by atoms with Crippen LogP contribution in [0.2, 0.25) is 0 Å². The number of carbonyl (C=O) groups is 2. The Morgan fingerprint density at radius 3 is 2.51 bits per heavy atom. The van der Waals surface area contributed by atoms with Crippen molar-refractivity contribution < 1.29 is 19.1 Å². The molecule has 5 aromatic rings. The van der Waals surface area contributed by atoms with Gasteiger partial charge in [0, 0.05) is 6.54 Å². The largest absolute Gasteiger partial charge is 0.493 e. The van der Waals surface area contributed by atoms with E-state index in [1.54, 1.807) is 20.4 Å². The summed E-state index contributed by atoms with van der Waals surface area (Å²) in [6.45, 7) is 5.45. The number of methoxy groups -OCH3 is 2. The summed E-state index contributed by atoms with van der Waals surface area (Å²) >= 11 is 0. The molecule has 0 saturated carbocycles. The summed E-state index contributed by atoms with van der Waals surface area (Å²) in [5.74, 6) is 1.40. The third-order valence-electron chi connectivity index (χ3n) is 8.03. The van der Waals surface area contributed by atoms with Crippen LogP contribution in [0.4, 0.5) is 0 Å². The zero-order chi connectivity index (χ0) is 30.1. The second-order valence-electron chi connectivity index (χ2n) is 11.1. The second-order valence-corrected chi connectivity index (χ2v) is 11.1. The molecule has 0 unspecified atom stereocenters. The van der Waals surface area contributed by atoms with Crippen molar-refractivity contribution in [1.29, 1.82) is 0 Å². The molecule has 3 heterocycles. The summed E-state index contributed by atoms with van der Waals surface area (Å²) in [6.07, 6.45) is 3.11. The Hall–Kier alpha value is -4.83. The molecule has 43 heavy (non-hydrogen) atoms. The van der Waals surface area contributed by atoms with Gasteiger partial charge in [0.15, 0.2) is 17.3 Å². The number of nitrogens with zero attached hydrogens (tertiary/aromatic N) is 4. The number of benzene rings is 3. The highest BCUT2D eigenvalue weighted by molar-refractivity contribution is 6.18. The topological polar surface area (TPSA) is 122 Å². The quantitative estimate of drug-likeness (QED) is 0.181. The molecule has 0 bridgehead atoms. The molecule has 2 aromatic heterocycles. The van der Waals surface area contributed by atoms with Gasteiger partial charge in [-0.05, 0) is 81.2 Å². The van der Waals surface area contributed by atoms with E-state index in [0.29, 0.717) is 64.7 Å². The number of aromatic amines is 1. The van der Waals surface area contributed by atoms with Crippen LogP contribution in [0.25, 0.3) is 33.6 Å². The van der Waals surface area contributed by atoms with E-state index in [4.69, 9.17) is 19.4 Å². The Morgan fingerprint density at radius 1 is 0.930 bits per heavy atom. The van der Waals surface area contributed by atoms with Crippen molar-refractivity contribution in [1.82, 2.24) is 30.2 Å². The van der Waals surface area contributed by atoms with Gasteiger partial charge >= 0.3 is 0 Å². The van der Waals surface area contributed by atoms with Crippen LogP contribution in [-0.2, 0) is 16.6 Å². The molecule has 220 valence electrons. The van der Waals surface area contributed by atoms with E-state index in [1.807, 2.05) is 68.4 Å². The van der Waals surface area contributed by atoms with Crippen molar-refractivity contribution in [2.75, 3.05) is 33.9 Å². The molecule has 0 atom stereocenters. The lowest BCUT2D eigenvalue weighted by Gasteiger charge is -2.37. The number of carbonyl (C=O) groups excluding carboxylic acids is 2. The third-order valence-corrected chi connectivity index (χ3v) is 8.03. The van der Waals surface area contributed by atoms with Gasteiger partial charge in [0.25, 0.3) is 5.91 Å². The zero-order valence-electron chi connectivity index (χ0n) is 24.7. The third kappa shape index (κ3) is 5.18. The lowest BCUT2D eigenvalue weighted by molar-refractivity contribution is -0.134. The first kappa shape index (κ1) is 28.3. The van der Waals surface area contributed by atoms with Gasteiger partial charge in [0.1, 0.15) is 11.2 Å². The van der Waals surface area contributed by atoms with Crippen molar-refractivity contribution in [3.63, 3.8) is 0 Å². The zero-order valence-corrected chi connectivity index (χ0v) is 24.7. The van der Waals surface area contributed by atoms with E-state index in [0.717, 1.165) is 29.6 Å². The van der Waals surface area contributed by atoms with Gasteiger partial charge in [-0.1, -0.05) is 24.3 Å². The molecule has 10 heteroatoms. The Bertz CT molecular complexity index is 1850. The predicted molar refractivity (Wildman–Crippen MR) is 164 cm³/mol. The number of hydrogen-bond donors (Lipinski definition) is 2. The van der Waals surface area contributed by atoms with Crippen LogP contribution >= 0.6 is 0 Å². The summed E-state index contributed by atoms with van der Waals surface area (Å²) in [5, 5.41) is 3.42. The smallest absolute Gasteiger partial charge is 0.263 e. The highest BCUT2D eigenvalue weighted by atomic mass is 16.5. The summed E-state index contributed by atoms with van der Waals surface area (Å²) in [6, 6.07) is 17.2. The highest BCUT2D eigenvalue weighted by Crippen LogP contribution is 2.38. The molecule has 0 radical (unpaired) electrons. The monoisotopic (exact) mass is 578 g/mol. The molecule has 1 aliphatic rings. The van der Waals surface area contributed by atoms with Gasteiger partial charge in [-0.2, -0.15) is 0 Å². The number of rotatable bonds is 10. The number of para-hydroxylation sites is 2. The van der Waals surface area contributed by atoms with Crippen LogP contribution in [0.3, 0.4) is 0 Å². The lowest BCUT2D eigenvalue weighted by Crippen LogP contribution is -2.52. The van der Waals surface area contributed by atoms with Crippen molar-refractivity contribution in [2.45, 2.75) is 32.1 Å². The van der Waals surface area contributed by atoms with Gasteiger partial charge in [-0.3, -0.25) is 19.5 Å². The average Bonchev–Trinajstić information content (AvgIpc) is 3.47. The van der Waals surface area contributed by atoms with Gasteiger partial charge in [0.2, 0.25) is 5.91 Å². The maximum Gasteiger partial charge on any atom is 0.263 e. The van der Waals surface area contributed by atoms with E-state index in [1.165, 1.54) is 4.90 Å². The van der Waals surface area contributed by atoms with Gasteiger partial charge in [0.05, 0.1) is 47.9 Å². The fourth-order valence-corrected chi connectivity index (χ4v) is 5.64. The second kappa shape index (κ2) is 11.4. The van der Waals surface area contributed by atoms with Crippen LogP contribution in [0, 0.1) is 0 Å². The fraction of sp³-hybridized carbons (Fsp3) is 0.303. The first-order valence-electron chi connectivity index (χ1n) is 14.3. The lowest BCUT2D eigenvalue weighted by atomic mass is 9.76. The molecule has 2 amide bonds. The van der Waals surface area contributed by atoms with E-state index < -0.39 is 5.41 Å². The maximum atomic E-state index is 13.8. The fourth-order valence-electron chi connectivity index (χ4n) is 5.64. The number of ether oxygens (including phenoxy) is 2. The molecule has 0 saturated heterocycles. The average molecular weight is 579 g/mol. The van der Waals surface area contributed by atoms with Crippen LogP contribution < -0.4 is 14.8 Å². The standard InChI is InChI=1S/C33H34N6O4/c1-33(2)21-11-12-24-29(38-30(37-24)25-19-35-22-8-5-6-9-23(22)36-25)28(21)31(40)39(32(33)41)17-7-15-34-16-14-20-10-13-26(42-3)27(18-20)43-4/h5-6,8-13,18-19,34H,7,14-17H2,1-4H3,(H,37,38). The number of fused-ring (bicyclic) bond motifs is 4. The summed E-state index contributed by atoms with van der Waals surface area (Å²) in [5.41, 5.74) is 4.77. The number of nitrogens with one attached hydrogen (secondary N) is 2. The van der Waals surface area contributed by atoms with E-state index in [9.17, 15) is 9.59 Å². The molecule has 0 fully saturated rings. The molecule has 3 aromatic carbocycles. The normalized spacial score (nSPS) is 14.4. The molecule has 2 N–H and O–H groups in total. The number of hydrogen-bond acceptors (Lipinski definition) is 8. The van der Waals surface area contributed by atoms with Crippen LogP contribution in [0.5, 0.6) is 11.5 Å². The number of H-pyrrole nitrogens is 1. The van der Waals surface area contributed by atoms with Gasteiger partial charge < -0.3 is 19.8 Å². The Kier molecular flexibility index (Phi) is 7.53. The Labute approximate surface area is 249 Å². The van der Waals surface area contributed by atoms with Crippen LogP contribution in [0.15, 0.2) is 60.8 Å². The molecular weight excluding hydrogens is 544 g/mol. The maximum absolute atomic E-state index is 13.8. The highest BCUT2D eigenvalue weighted by Gasteiger charge is 2.45. The van der Waals surface area contributed by atoms with Crippen LogP contribution in [0.1, 0.15) is 41.8 Å². The first-order chi connectivity index (χ1) is 20.8. The van der Waals surface area contributed by atoms with Crippen molar-refractivity contribution in [2.24, 2.45) is 0 Å². The predicted octanol–water partition coefficient (Wildman–Crippen LogP) is 4.67. The van der Waals surface area contributed by atoms with Gasteiger partial charge in [-0.25, -0.2) is 9.97 Å². The van der Waals surface area contributed by atoms with E-state index in [2.05, 4.69) is 15.3 Å². The van der Waals surface area contributed by atoms with Crippen LogP contribution in [-0.4, -0.2) is 70.5 Å².